The van der Waals surface area contributed by atoms with Crippen LogP contribution in [-0.2, 0) is 4.79 Å². The minimum Gasteiger partial charge on any atom is -0.310 e. The normalized spacial score (nSPS) is 10.4. The second-order valence-electron chi connectivity index (χ2n) is 4.38. The van der Waals surface area contributed by atoms with Crippen molar-refractivity contribution in [3.05, 3.63) is 61.5 Å². The molecule has 0 aliphatic rings. The molecular formula is C15H8Cl4NO2. The van der Waals surface area contributed by atoms with E-state index in [2.05, 4.69) is 0 Å². The monoisotopic (exact) mass is 374 g/mol. The molecule has 0 N–H and O–H groups in total. The molecule has 0 bridgehead atoms. The number of hydrogen-bond acceptors (Lipinski definition) is 2. The van der Waals surface area contributed by atoms with Gasteiger partial charge in [0.2, 0.25) is 6.29 Å². The van der Waals surface area contributed by atoms with Gasteiger partial charge in [-0.05, 0) is 30.3 Å². The van der Waals surface area contributed by atoms with Crippen molar-refractivity contribution in [3.8, 4) is 0 Å². The molecule has 7 heteroatoms. The van der Waals surface area contributed by atoms with E-state index in [4.69, 9.17) is 46.4 Å². The van der Waals surface area contributed by atoms with Crippen LogP contribution < -0.4 is 4.90 Å². The molecule has 0 aliphatic carbocycles. The Morgan fingerprint density at radius 3 is 2.36 bits per heavy atom. The summed E-state index contributed by atoms with van der Waals surface area (Å²) in [4.78, 5) is 24.7. The summed E-state index contributed by atoms with van der Waals surface area (Å²) in [5.74, 6) is -0.437. The van der Waals surface area contributed by atoms with Gasteiger partial charge in [0, 0.05) is 22.7 Å². The Kier molecular flexibility index (Phi) is 5.35. The largest absolute Gasteiger partial charge is 0.310 e. The average molecular weight is 376 g/mol. The van der Waals surface area contributed by atoms with E-state index in [0.29, 0.717) is 5.02 Å². The maximum Gasteiger partial charge on any atom is 0.259 e. The lowest BCUT2D eigenvalue weighted by molar-refractivity contribution is 0.0993. The van der Waals surface area contributed by atoms with Gasteiger partial charge in [-0.2, -0.15) is 0 Å². The Hall–Kier alpha value is -1.26. The second kappa shape index (κ2) is 6.88. The smallest absolute Gasteiger partial charge is 0.259 e. The van der Waals surface area contributed by atoms with Crippen LogP contribution in [-0.4, -0.2) is 19.2 Å². The summed E-state index contributed by atoms with van der Waals surface area (Å²) in [6.45, 7) is 0. The number of benzene rings is 2. The Morgan fingerprint density at radius 2 is 1.73 bits per heavy atom. The van der Waals surface area contributed by atoms with E-state index in [1.807, 2.05) is 0 Å². The molecule has 0 aliphatic heterocycles. The molecule has 2 aromatic rings. The van der Waals surface area contributed by atoms with E-state index >= 15 is 0 Å². The van der Waals surface area contributed by atoms with Gasteiger partial charge in [0.15, 0.2) is 0 Å². The first-order valence-electron chi connectivity index (χ1n) is 5.95. The molecule has 0 unspecified atom stereocenters. The second-order valence-corrected chi connectivity index (χ2v) is 6.03. The maximum absolute atomic E-state index is 12.6. The third-order valence-corrected chi connectivity index (χ3v) is 4.13. The van der Waals surface area contributed by atoms with Gasteiger partial charge in [-0.1, -0.05) is 46.4 Å². The lowest BCUT2D eigenvalue weighted by Gasteiger charge is -2.20. The number of rotatable bonds is 3. The summed E-state index contributed by atoms with van der Waals surface area (Å²) in [7, 11) is 1.49. The number of carbonyl (C=O) groups excluding carboxylic acids is 2. The number of halogens is 4. The van der Waals surface area contributed by atoms with Crippen molar-refractivity contribution in [2.75, 3.05) is 11.9 Å². The molecule has 0 heterocycles. The number of carbonyl (C=O) groups is 1. The molecule has 0 fully saturated rings. The summed E-state index contributed by atoms with van der Waals surface area (Å²) < 4.78 is 0. The first-order chi connectivity index (χ1) is 10.3. The van der Waals surface area contributed by atoms with Gasteiger partial charge >= 0.3 is 0 Å². The van der Waals surface area contributed by atoms with Crippen LogP contribution >= 0.6 is 46.4 Å². The molecule has 113 valence electrons. The van der Waals surface area contributed by atoms with Crippen LogP contribution in [0, 0.1) is 0 Å². The predicted octanol–water partition coefficient (Wildman–Crippen LogP) is 5.03. The lowest BCUT2D eigenvalue weighted by Crippen LogP contribution is -2.27. The highest BCUT2D eigenvalue weighted by atomic mass is 35.5. The molecule has 0 atom stereocenters. The highest BCUT2D eigenvalue weighted by molar-refractivity contribution is 6.39. The molecule has 3 nitrogen and oxygen atoms in total. The summed E-state index contributed by atoms with van der Waals surface area (Å²) in [6, 6.07) is 7.39. The van der Waals surface area contributed by atoms with Gasteiger partial charge in [0.1, 0.15) is 0 Å². The zero-order chi connectivity index (χ0) is 16.4. The molecule has 1 amide bonds. The minimum atomic E-state index is -0.437. The van der Waals surface area contributed by atoms with Crippen LogP contribution in [0.4, 0.5) is 5.69 Å². The molecule has 2 aromatic carbocycles. The van der Waals surface area contributed by atoms with Crippen molar-refractivity contribution in [1.82, 2.24) is 0 Å². The highest BCUT2D eigenvalue weighted by Crippen LogP contribution is 2.33. The molecule has 22 heavy (non-hydrogen) atoms. The summed E-state index contributed by atoms with van der Waals surface area (Å²) >= 11 is 23.9. The zero-order valence-corrected chi connectivity index (χ0v) is 14.2. The van der Waals surface area contributed by atoms with Crippen LogP contribution in [0.3, 0.4) is 0 Å². The van der Waals surface area contributed by atoms with Crippen molar-refractivity contribution in [1.29, 1.82) is 0 Å². The molecule has 0 saturated carbocycles. The van der Waals surface area contributed by atoms with E-state index in [1.54, 1.807) is 12.4 Å². The van der Waals surface area contributed by atoms with Crippen LogP contribution in [0.2, 0.25) is 20.1 Å². The number of amides is 1. The van der Waals surface area contributed by atoms with Gasteiger partial charge in [-0.3, -0.25) is 9.59 Å². The van der Waals surface area contributed by atoms with Crippen molar-refractivity contribution < 1.29 is 9.59 Å². The van der Waals surface area contributed by atoms with Gasteiger partial charge in [0.05, 0.1) is 21.3 Å². The summed E-state index contributed by atoms with van der Waals surface area (Å²) in [6.07, 6.45) is 1.68. The molecule has 0 spiro atoms. The van der Waals surface area contributed by atoms with Gasteiger partial charge in [-0.15, -0.1) is 0 Å². The van der Waals surface area contributed by atoms with Crippen molar-refractivity contribution in [2.24, 2.45) is 0 Å². The van der Waals surface area contributed by atoms with Crippen LogP contribution in [0.15, 0.2) is 30.3 Å². The first-order valence-corrected chi connectivity index (χ1v) is 7.46. The van der Waals surface area contributed by atoms with Crippen LogP contribution in [0.1, 0.15) is 15.9 Å². The van der Waals surface area contributed by atoms with E-state index < -0.39 is 5.91 Å². The van der Waals surface area contributed by atoms with Gasteiger partial charge < -0.3 is 4.90 Å². The third kappa shape index (κ3) is 3.39. The summed E-state index contributed by atoms with van der Waals surface area (Å²) in [5, 5.41) is 0.963. The Balaban J connectivity index is 2.50. The average Bonchev–Trinajstić information content (AvgIpc) is 2.50. The number of hydrogen-bond donors (Lipinski definition) is 0. The predicted molar refractivity (Wildman–Crippen MR) is 90.5 cm³/mol. The maximum atomic E-state index is 12.6. The SMILES string of the molecule is CN(C(=O)c1cc(Cl)ccc1Cl)c1cc(Cl)cc([C]=O)c1Cl. The van der Waals surface area contributed by atoms with E-state index in [-0.39, 0.29) is 31.9 Å². The van der Waals surface area contributed by atoms with Gasteiger partial charge in [0.25, 0.3) is 5.91 Å². The Labute approximate surface area is 147 Å². The van der Waals surface area contributed by atoms with Gasteiger partial charge in [-0.25, -0.2) is 0 Å². The summed E-state index contributed by atoms with van der Waals surface area (Å²) in [5.41, 5.74) is 0.555. The van der Waals surface area contributed by atoms with E-state index in [1.165, 1.54) is 36.2 Å². The highest BCUT2D eigenvalue weighted by Gasteiger charge is 2.21. The molecule has 2 rings (SSSR count). The number of anilines is 1. The Morgan fingerprint density at radius 1 is 1.05 bits per heavy atom. The fourth-order valence-electron chi connectivity index (χ4n) is 1.84. The first kappa shape index (κ1) is 17.1. The zero-order valence-electron chi connectivity index (χ0n) is 11.2. The third-order valence-electron chi connectivity index (χ3n) is 2.95. The minimum absolute atomic E-state index is 0.0704. The van der Waals surface area contributed by atoms with Crippen molar-refractivity contribution in [2.45, 2.75) is 0 Å². The van der Waals surface area contributed by atoms with Crippen molar-refractivity contribution in [3.63, 3.8) is 0 Å². The lowest BCUT2D eigenvalue weighted by atomic mass is 10.1. The molecule has 0 saturated heterocycles. The quantitative estimate of drug-likeness (QED) is 0.753. The van der Waals surface area contributed by atoms with Crippen LogP contribution in [0.5, 0.6) is 0 Å². The van der Waals surface area contributed by atoms with Crippen molar-refractivity contribution >= 4 is 64.3 Å². The number of nitrogens with zero attached hydrogens (tertiary/aromatic N) is 1. The Bertz CT molecular complexity index is 761. The van der Waals surface area contributed by atoms with E-state index in [0.717, 1.165) is 0 Å². The fourth-order valence-corrected chi connectivity index (χ4v) is 2.70. The van der Waals surface area contributed by atoms with E-state index in [9.17, 15) is 9.59 Å². The standard InChI is InChI=1S/C15H8Cl4NO2/c1-20(13-6-10(17)4-8(7-21)14(13)19)15(22)11-5-9(16)2-3-12(11)18/h2-6H,1H3. The van der Waals surface area contributed by atoms with Crippen LogP contribution in [0.25, 0.3) is 0 Å². The molecular weight excluding hydrogens is 368 g/mol. The molecule has 1 radical (unpaired) electrons. The topological polar surface area (TPSA) is 37.4 Å². The molecule has 0 aromatic heterocycles. The fraction of sp³-hybridized carbons (Fsp3) is 0.0667.